The van der Waals surface area contributed by atoms with Crippen molar-refractivity contribution >= 4 is 17.8 Å². The number of amides is 2. The third-order valence-corrected chi connectivity index (χ3v) is 6.76. The van der Waals surface area contributed by atoms with Gasteiger partial charge in [0.05, 0.1) is 6.10 Å². The molecule has 0 spiro atoms. The number of fused-ring (bicyclic) bond motifs is 3. The lowest BCUT2D eigenvalue weighted by molar-refractivity contribution is -0.158. The highest BCUT2D eigenvalue weighted by molar-refractivity contribution is 5.94. The number of H-pyrrole nitrogens is 1. The Hall–Kier alpha value is -3.27. The van der Waals surface area contributed by atoms with Crippen molar-refractivity contribution in [3.8, 4) is 0 Å². The van der Waals surface area contributed by atoms with Gasteiger partial charge in [0.25, 0.3) is 5.91 Å². The summed E-state index contributed by atoms with van der Waals surface area (Å²) in [6.45, 7) is 8.20. The van der Waals surface area contributed by atoms with E-state index in [0.29, 0.717) is 25.1 Å². The summed E-state index contributed by atoms with van der Waals surface area (Å²) in [6.07, 6.45) is 7.70. The predicted molar refractivity (Wildman–Crippen MR) is 141 cm³/mol. The summed E-state index contributed by atoms with van der Waals surface area (Å²) < 4.78 is 20.5. The average molecular weight is 531 g/mol. The molecule has 0 radical (unpaired) electrons. The molecule has 0 aromatic carbocycles. The van der Waals surface area contributed by atoms with Crippen LogP contribution < -0.4 is 5.32 Å². The molecule has 3 rings (SSSR count). The number of aliphatic hydroxyl groups excluding tert-OH is 1. The lowest BCUT2D eigenvalue weighted by Gasteiger charge is -2.29. The van der Waals surface area contributed by atoms with E-state index in [1.807, 2.05) is 20.8 Å². The van der Waals surface area contributed by atoms with Crippen molar-refractivity contribution in [3.63, 3.8) is 0 Å². The first-order chi connectivity index (χ1) is 18.0. The van der Waals surface area contributed by atoms with Gasteiger partial charge < -0.3 is 25.0 Å². The Balaban J connectivity index is 1.85. The minimum atomic E-state index is -1.36. The minimum Gasteiger partial charge on any atom is -0.460 e. The van der Waals surface area contributed by atoms with Gasteiger partial charge in [0.15, 0.2) is 5.82 Å². The molecular weight excluding hydrogens is 491 g/mol. The molecule has 9 nitrogen and oxygen atoms in total. The van der Waals surface area contributed by atoms with E-state index >= 15 is 0 Å². The first-order valence-corrected chi connectivity index (χ1v) is 13.2. The van der Waals surface area contributed by atoms with Crippen LogP contribution in [0.3, 0.4) is 0 Å². The maximum atomic E-state index is 14.7. The fourth-order valence-electron chi connectivity index (χ4n) is 4.85. The summed E-state index contributed by atoms with van der Waals surface area (Å²) in [4.78, 5) is 47.1. The van der Waals surface area contributed by atoms with Crippen LogP contribution in [0.5, 0.6) is 0 Å². The molecular formula is C28H39FN4O5. The molecule has 1 aromatic rings. The number of alkyl halides is 1. The van der Waals surface area contributed by atoms with Gasteiger partial charge >= 0.3 is 5.97 Å². The van der Waals surface area contributed by atoms with Crippen LogP contribution in [-0.4, -0.2) is 75.3 Å². The number of hydrogen-bond acceptors (Lipinski definition) is 6. The molecule has 38 heavy (non-hydrogen) atoms. The molecule has 1 fully saturated rings. The normalized spacial score (nSPS) is 29.4. The number of aromatic nitrogens is 2. The Labute approximate surface area is 223 Å². The summed E-state index contributed by atoms with van der Waals surface area (Å²) in [5.74, 6) is -1.44. The standard InChI is InChI=1S/C28H39FN4O5/c1-17(2)25-19(4)9-10-24(35)30-11-5-7-18(3)13-22(34)15-20(29)14-21-16-31-26(32-21)27(36)33-12-6-8-23(33)28(37)38-25/h5,7,9-10,13,16-17,19-20,22-23,25,34H,6,8,11-12,14-15H2,1-4H3,(H,30,35)(H,31,32)/b7-5?,10-9+,18-13?. The molecule has 1 saturated heterocycles. The van der Waals surface area contributed by atoms with E-state index in [1.54, 1.807) is 31.2 Å². The molecule has 3 heterocycles. The predicted octanol–water partition coefficient (Wildman–Crippen LogP) is 3.04. The van der Waals surface area contributed by atoms with E-state index in [-0.39, 0.29) is 43.0 Å². The van der Waals surface area contributed by atoms with Crippen LogP contribution in [0, 0.1) is 11.8 Å². The van der Waals surface area contributed by atoms with Crippen molar-refractivity contribution in [3.05, 3.63) is 53.7 Å². The number of imidazole rings is 1. The van der Waals surface area contributed by atoms with Gasteiger partial charge in [-0.3, -0.25) is 9.59 Å². The number of nitrogens with one attached hydrogen (secondary N) is 2. The highest BCUT2D eigenvalue weighted by atomic mass is 19.1. The largest absolute Gasteiger partial charge is 0.460 e. The van der Waals surface area contributed by atoms with Gasteiger partial charge in [-0.25, -0.2) is 14.2 Å². The van der Waals surface area contributed by atoms with Gasteiger partial charge in [0.1, 0.15) is 18.3 Å². The topological polar surface area (TPSA) is 125 Å². The van der Waals surface area contributed by atoms with Crippen LogP contribution in [-0.2, 0) is 20.7 Å². The molecule has 2 bridgehead atoms. The molecule has 2 aliphatic rings. The number of rotatable bonds is 1. The lowest BCUT2D eigenvalue weighted by atomic mass is 9.94. The summed E-state index contributed by atoms with van der Waals surface area (Å²) in [5.41, 5.74) is 1.17. The van der Waals surface area contributed by atoms with Crippen LogP contribution in [0.2, 0.25) is 0 Å². The molecule has 3 N–H and O–H groups in total. The lowest BCUT2D eigenvalue weighted by Crippen LogP contribution is -2.44. The molecule has 1 aromatic heterocycles. The Kier molecular flexibility index (Phi) is 10.4. The Bertz CT molecular complexity index is 1080. The number of nitrogens with zero attached hydrogens (tertiary/aromatic N) is 2. The van der Waals surface area contributed by atoms with Gasteiger partial charge in [0, 0.05) is 43.7 Å². The second-order valence-corrected chi connectivity index (χ2v) is 10.4. The van der Waals surface area contributed by atoms with Crippen LogP contribution >= 0.6 is 0 Å². The number of cyclic esters (lactones) is 1. The molecule has 0 aliphatic carbocycles. The van der Waals surface area contributed by atoms with Crippen LogP contribution in [0.4, 0.5) is 4.39 Å². The first-order valence-electron chi connectivity index (χ1n) is 13.2. The summed E-state index contributed by atoms with van der Waals surface area (Å²) in [5, 5.41) is 13.0. The maximum absolute atomic E-state index is 14.7. The second-order valence-electron chi connectivity index (χ2n) is 10.4. The van der Waals surface area contributed by atoms with Crippen molar-refractivity contribution < 1.29 is 28.6 Å². The average Bonchev–Trinajstić information content (AvgIpc) is 3.52. The van der Waals surface area contributed by atoms with Crippen LogP contribution in [0.15, 0.2) is 42.2 Å². The number of halogens is 1. The number of hydrogen-bond donors (Lipinski definition) is 3. The summed E-state index contributed by atoms with van der Waals surface area (Å²) in [7, 11) is 0. The third-order valence-electron chi connectivity index (χ3n) is 6.76. The number of ether oxygens (including phenoxy) is 1. The van der Waals surface area contributed by atoms with Gasteiger partial charge in [-0.05, 0) is 31.8 Å². The fourth-order valence-corrected chi connectivity index (χ4v) is 4.85. The number of carbonyl (C=O) groups is 3. The Morgan fingerprint density at radius 2 is 2.00 bits per heavy atom. The Morgan fingerprint density at radius 3 is 2.74 bits per heavy atom. The highest BCUT2D eigenvalue weighted by Crippen LogP contribution is 2.25. The van der Waals surface area contributed by atoms with Gasteiger partial charge in [0.2, 0.25) is 5.91 Å². The number of esters is 1. The quantitative estimate of drug-likeness (QED) is 0.480. The minimum absolute atomic E-state index is 0.0176. The number of aliphatic hydroxyl groups is 1. The number of aromatic amines is 1. The van der Waals surface area contributed by atoms with Gasteiger partial charge in [-0.2, -0.15) is 0 Å². The van der Waals surface area contributed by atoms with Crippen molar-refractivity contribution in [2.75, 3.05) is 13.1 Å². The monoisotopic (exact) mass is 530 g/mol. The van der Waals surface area contributed by atoms with E-state index in [0.717, 1.165) is 5.57 Å². The smallest absolute Gasteiger partial charge is 0.329 e. The highest BCUT2D eigenvalue weighted by Gasteiger charge is 2.38. The molecule has 0 saturated carbocycles. The fraction of sp³-hybridized carbons (Fsp3) is 0.571. The van der Waals surface area contributed by atoms with E-state index in [1.165, 1.54) is 17.2 Å². The molecule has 5 atom stereocenters. The van der Waals surface area contributed by atoms with Crippen molar-refractivity contribution in [1.29, 1.82) is 0 Å². The van der Waals surface area contributed by atoms with Crippen LogP contribution in [0.25, 0.3) is 0 Å². The zero-order chi connectivity index (χ0) is 27.8. The maximum Gasteiger partial charge on any atom is 0.329 e. The van der Waals surface area contributed by atoms with Gasteiger partial charge in [-0.15, -0.1) is 0 Å². The zero-order valence-electron chi connectivity index (χ0n) is 22.5. The third kappa shape index (κ3) is 8.11. The van der Waals surface area contributed by atoms with E-state index < -0.39 is 36.3 Å². The van der Waals surface area contributed by atoms with E-state index in [4.69, 9.17) is 4.74 Å². The van der Waals surface area contributed by atoms with Crippen molar-refractivity contribution in [2.45, 2.75) is 77.8 Å². The first kappa shape index (κ1) is 29.3. The molecule has 10 heteroatoms. The van der Waals surface area contributed by atoms with Gasteiger partial charge in [-0.1, -0.05) is 50.6 Å². The molecule has 2 amide bonds. The van der Waals surface area contributed by atoms with E-state index in [2.05, 4.69) is 15.3 Å². The number of allylic oxidation sites excluding steroid dienone is 2. The summed E-state index contributed by atoms with van der Waals surface area (Å²) in [6, 6.07) is -0.746. The molecule has 2 aliphatic heterocycles. The van der Waals surface area contributed by atoms with Crippen molar-refractivity contribution in [1.82, 2.24) is 20.2 Å². The zero-order valence-corrected chi connectivity index (χ0v) is 22.5. The number of carbonyl (C=O) groups excluding carboxylic acids is 3. The Morgan fingerprint density at radius 1 is 1.24 bits per heavy atom. The summed E-state index contributed by atoms with van der Waals surface area (Å²) >= 11 is 0. The SMILES string of the molecule is CC1=CC(O)CC(F)Cc2cnc([nH]2)C(=O)N2CCCC2C(=O)OC(C(C)C)C(C)/C=C/C(=O)NCC=C1. The molecule has 5 unspecified atom stereocenters. The van der Waals surface area contributed by atoms with Crippen molar-refractivity contribution in [2.24, 2.45) is 11.8 Å². The van der Waals surface area contributed by atoms with Crippen LogP contribution in [0.1, 0.15) is 63.3 Å². The van der Waals surface area contributed by atoms with E-state index in [9.17, 15) is 23.9 Å². The second kappa shape index (κ2) is 13.5. The molecule has 208 valence electrons.